The maximum absolute atomic E-state index is 11.2. The predicted octanol–water partition coefficient (Wildman–Crippen LogP) is -0.482. The molecule has 0 aromatic heterocycles. The van der Waals surface area contributed by atoms with Crippen LogP contribution >= 0.6 is 0 Å². The van der Waals surface area contributed by atoms with Crippen molar-refractivity contribution >= 4 is 5.91 Å². The van der Waals surface area contributed by atoms with Crippen molar-refractivity contribution in [1.29, 1.82) is 0 Å². The summed E-state index contributed by atoms with van der Waals surface area (Å²) in [5, 5.41) is 6.01. The number of nitrogens with one attached hydrogen (secondary N) is 2. The first-order valence-corrected chi connectivity index (χ1v) is 5.39. The van der Waals surface area contributed by atoms with Crippen molar-refractivity contribution in [3.63, 3.8) is 0 Å². The van der Waals surface area contributed by atoms with E-state index in [0.29, 0.717) is 25.8 Å². The standard InChI is InChI=1S/C10H20N2O3/c1-14-6-5-12-10(13)8-15-7-9-3-2-4-11-9/h9,11H,2-8H2,1H3,(H,12,13). The Balaban J connectivity index is 1.91. The molecule has 0 saturated carbocycles. The van der Waals surface area contributed by atoms with Gasteiger partial charge in [0.1, 0.15) is 6.61 Å². The van der Waals surface area contributed by atoms with Crippen LogP contribution in [0.25, 0.3) is 0 Å². The highest BCUT2D eigenvalue weighted by Crippen LogP contribution is 2.04. The SMILES string of the molecule is COCCNC(=O)COCC1CCCN1. The highest BCUT2D eigenvalue weighted by Gasteiger charge is 2.14. The zero-order chi connectivity index (χ0) is 10.9. The molecule has 1 amide bonds. The molecule has 1 rings (SSSR count). The van der Waals surface area contributed by atoms with Crippen LogP contribution in [-0.2, 0) is 14.3 Å². The molecule has 1 atom stereocenters. The summed E-state index contributed by atoms with van der Waals surface area (Å²) in [6.07, 6.45) is 2.35. The molecule has 1 fully saturated rings. The second-order valence-corrected chi connectivity index (χ2v) is 3.65. The van der Waals surface area contributed by atoms with E-state index in [1.165, 1.54) is 6.42 Å². The van der Waals surface area contributed by atoms with Crippen molar-refractivity contribution in [3.8, 4) is 0 Å². The van der Waals surface area contributed by atoms with Crippen LogP contribution in [0.3, 0.4) is 0 Å². The molecule has 0 aromatic rings. The molecular weight excluding hydrogens is 196 g/mol. The van der Waals surface area contributed by atoms with Crippen molar-refractivity contribution < 1.29 is 14.3 Å². The summed E-state index contributed by atoms with van der Waals surface area (Å²) >= 11 is 0. The van der Waals surface area contributed by atoms with Crippen molar-refractivity contribution in [2.75, 3.05) is 40.0 Å². The summed E-state index contributed by atoms with van der Waals surface area (Å²) in [7, 11) is 1.61. The second kappa shape index (κ2) is 7.62. The van der Waals surface area contributed by atoms with Crippen LogP contribution in [0.5, 0.6) is 0 Å². The smallest absolute Gasteiger partial charge is 0.246 e. The molecule has 0 bridgehead atoms. The van der Waals surface area contributed by atoms with Crippen LogP contribution in [0.2, 0.25) is 0 Å². The van der Waals surface area contributed by atoms with Gasteiger partial charge in [0.15, 0.2) is 0 Å². The number of hydrogen-bond donors (Lipinski definition) is 2. The molecule has 15 heavy (non-hydrogen) atoms. The minimum atomic E-state index is -0.0787. The molecule has 0 spiro atoms. The highest BCUT2D eigenvalue weighted by atomic mass is 16.5. The molecule has 5 nitrogen and oxygen atoms in total. The molecule has 0 aliphatic carbocycles. The van der Waals surface area contributed by atoms with E-state index in [2.05, 4.69) is 10.6 Å². The van der Waals surface area contributed by atoms with Crippen LogP contribution in [0.15, 0.2) is 0 Å². The van der Waals surface area contributed by atoms with Gasteiger partial charge in [0.25, 0.3) is 0 Å². The lowest BCUT2D eigenvalue weighted by molar-refractivity contribution is -0.126. The van der Waals surface area contributed by atoms with Crippen LogP contribution < -0.4 is 10.6 Å². The first-order chi connectivity index (χ1) is 7.33. The van der Waals surface area contributed by atoms with E-state index >= 15 is 0 Å². The first kappa shape index (κ1) is 12.4. The maximum atomic E-state index is 11.2. The van der Waals surface area contributed by atoms with Gasteiger partial charge in [0.2, 0.25) is 5.91 Å². The number of carbonyl (C=O) groups excluding carboxylic acids is 1. The van der Waals surface area contributed by atoms with E-state index in [9.17, 15) is 4.79 Å². The molecule has 1 aliphatic rings. The lowest BCUT2D eigenvalue weighted by Crippen LogP contribution is -2.33. The topological polar surface area (TPSA) is 59.6 Å². The van der Waals surface area contributed by atoms with Crippen LogP contribution in [0, 0.1) is 0 Å². The molecule has 0 aromatic carbocycles. The Kier molecular flexibility index (Phi) is 6.31. The van der Waals surface area contributed by atoms with E-state index < -0.39 is 0 Å². The van der Waals surface area contributed by atoms with Gasteiger partial charge in [-0.2, -0.15) is 0 Å². The summed E-state index contributed by atoms with van der Waals surface area (Å²) < 4.78 is 10.1. The fourth-order valence-corrected chi connectivity index (χ4v) is 1.54. The van der Waals surface area contributed by atoms with Gasteiger partial charge in [0.05, 0.1) is 13.2 Å². The molecule has 1 unspecified atom stereocenters. The average molecular weight is 216 g/mol. The molecule has 1 aliphatic heterocycles. The van der Waals surface area contributed by atoms with Gasteiger partial charge in [-0.3, -0.25) is 4.79 Å². The van der Waals surface area contributed by atoms with E-state index in [0.717, 1.165) is 13.0 Å². The van der Waals surface area contributed by atoms with Crippen molar-refractivity contribution in [3.05, 3.63) is 0 Å². The van der Waals surface area contributed by atoms with Gasteiger partial charge in [-0.25, -0.2) is 0 Å². The molecule has 88 valence electrons. The number of carbonyl (C=O) groups is 1. The minimum Gasteiger partial charge on any atom is -0.383 e. The van der Waals surface area contributed by atoms with Crippen LogP contribution in [-0.4, -0.2) is 52.0 Å². The Bertz CT molecular complexity index is 182. The summed E-state index contributed by atoms with van der Waals surface area (Å²) in [6, 6.07) is 0.428. The summed E-state index contributed by atoms with van der Waals surface area (Å²) in [4.78, 5) is 11.2. The Morgan fingerprint density at radius 1 is 1.60 bits per heavy atom. The second-order valence-electron chi connectivity index (χ2n) is 3.65. The van der Waals surface area contributed by atoms with Gasteiger partial charge in [-0.1, -0.05) is 0 Å². The average Bonchev–Trinajstić information content (AvgIpc) is 2.71. The van der Waals surface area contributed by atoms with Crippen LogP contribution in [0.4, 0.5) is 0 Å². The summed E-state index contributed by atoms with van der Waals surface area (Å²) in [5.41, 5.74) is 0. The third-order valence-electron chi connectivity index (χ3n) is 2.34. The zero-order valence-electron chi connectivity index (χ0n) is 9.25. The third kappa shape index (κ3) is 5.71. The number of methoxy groups -OCH3 is 1. The van der Waals surface area contributed by atoms with Gasteiger partial charge in [0, 0.05) is 19.7 Å². The predicted molar refractivity (Wildman–Crippen MR) is 56.7 cm³/mol. The van der Waals surface area contributed by atoms with Gasteiger partial charge in [-0.15, -0.1) is 0 Å². The normalized spacial score (nSPS) is 20.5. The molecular formula is C10H20N2O3. The van der Waals surface area contributed by atoms with Gasteiger partial charge >= 0.3 is 0 Å². The lowest BCUT2D eigenvalue weighted by Gasteiger charge is -2.10. The monoisotopic (exact) mass is 216 g/mol. The molecule has 1 heterocycles. The lowest BCUT2D eigenvalue weighted by atomic mass is 10.2. The van der Waals surface area contributed by atoms with Gasteiger partial charge < -0.3 is 20.1 Å². The fraction of sp³-hybridized carbons (Fsp3) is 0.900. The molecule has 2 N–H and O–H groups in total. The Labute approximate surface area is 90.5 Å². The number of ether oxygens (including phenoxy) is 2. The Morgan fingerprint density at radius 3 is 3.13 bits per heavy atom. The van der Waals surface area contributed by atoms with Crippen molar-refractivity contribution in [1.82, 2.24) is 10.6 Å². The quantitative estimate of drug-likeness (QED) is 0.564. The van der Waals surface area contributed by atoms with E-state index in [4.69, 9.17) is 9.47 Å². The van der Waals surface area contributed by atoms with Crippen LogP contribution in [0.1, 0.15) is 12.8 Å². The molecule has 5 heteroatoms. The number of amides is 1. The van der Waals surface area contributed by atoms with E-state index in [1.807, 2.05) is 0 Å². The fourth-order valence-electron chi connectivity index (χ4n) is 1.54. The Hall–Kier alpha value is -0.650. The number of rotatable bonds is 7. The first-order valence-electron chi connectivity index (χ1n) is 5.39. The molecule has 1 saturated heterocycles. The maximum Gasteiger partial charge on any atom is 0.246 e. The Morgan fingerprint density at radius 2 is 2.47 bits per heavy atom. The summed E-state index contributed by atoms with van der Waals surface area (Å²) in [6.45, 7) is 2.91. The third-order valence-corrected chi connectivity index (χ3v) is 2.34. The highest BCUT2D eigenvalue weighted by molar-refractivity contribution is 5.77. The number of hydrogen-bond acceptors (Lipinski definition) is 4. The largest absolute Gasteiger partial charge is 0.383 e. The van der Waals surface area contributed by atoms with E-state index in [-0.39, 0.29) is 12.5 Å². The minimum absolute atomic E-state index is 0.0787. The van der Waals surface area contributed by atoms with E-state index in [1.54, 1.807) is 7.11 Å². The van der Waals surface area contributed by atoms with Crippen molar-refractivity contribution in [2.45, 2.75) is 18.9 Å². The molecule has 0 radical (unpaired) electrons. The summed E-state index contributed by atoms with van der Waals surface area (Å²) in [5.74, 6) is -0.0787. The van der Waals surface area contributed by atoms with Crippen molar-refractivity contribution in [2.24, 2.45) is 0 Å². The van der Waals surface area contributed by atoms with Gasteiger partial charge in [-0.05, 0) is 19.4 Å². The zero-order valence-corrected chi connectivity index (χ0v) is 9.25.